The SMILES string of the molecule is Cc1ccc(Sc2oc(-c3ccc(C)cc3)nc2C(=O)Nc2ccc(Cl)cc2)cc1. The fourth-order valence-corrected chi connectivity index (χ4v) is 3.74. The first-order valence-electron chi connectivity index (χ1n) is 9.37. The number of hydrogen-bond acceptors (Lipinski definition) is 4. The summed E-state index contributed by atoms with van der Waals surface area (Å²) in [4.78, 5) is 18.5. The van der Waals surface area contributed by atoms with E-state index < -0.39 is 0 Å². The van der Waals surface area contributed by atoms with Gasteiger partial charge < -0.3 is 9.73 Å². The van der Waals surface area contributed by atoms with Crippen molar-refractivity contribution in [2.24, 2.45) is 0 Å². The van der Waals surface area contributed by atoms with Crippen molar-refractivity contribution in [1.82, 2.24) is 4.98 Å². The minimum Gasteiger partial charge on any atom is -0.429 e. The molecule has 4 rings (SSSR count). The van der Waals surface area contributed by atoms with Crippen LogP contribution in [-0.4, -0.2) is 10.9 Å². The van der Waals surface area contributed by atoms with E-state index in [4.69, 9.17) is 16.0 Å². The van der Waals surface area contributed by atoms with Gasteiger partial charge in [0.05, 0.1) is 0 Å². The van der Waals surface area contributed by atoms with Gasteiger partial charge in [0.25, 0.3) is 5.91 Å². The highest BCUT2D eigenvalue weighted by atomic mass is 35.5. The van der Waals surface area contributed by atoms with Crippen LogP contribution in [0.1, 0.15) is 21.6 Å². The number of aryl methyl sites for hydroxylation is 2. The zero-order valence-electron chi connectivity index (χ0n) is 16.5. The molecule has 0 aliphatic rings. The van der Waals surface area contributed by atoms with Crippen LogP contribution in [0.2, 0.25) is 5.02 Å². The molecule has 1 aromatic heterocycles. The summed E-state index contributed by atoms with van der Waals surface area (Å²) in [6, 6.07) is 22.8. The van der Waals surface area contributed by atoms with Gasteiger partial charge in [-0.3, -0.25) is 4.79 Å². The maximum absolute atomic E-state index is 13.0. The Bertz CT molecular complexity index is 1170. The molecule has 0 unspecified atom stereocenters. The van der Waals surface area contributed by atoms with Crippen LogP contribution in [0, 0.1) is 13.8 Å². The molecule has 4 nitrogen and oxygen atoms in total. The molecule has 30 heavy (non-hydrogen) atoms. The maximum Gasteiger partial charge on any atom is 0.278 e. The summed E-state index contributed by atoms with van der Waals surface area (Å²) < 4.78 is 6.02. The first-order chi connectivity index (χ1) is 14.5. The Morgan fingerprint density at radius 2 is 1.50 bits per heavy atom. The third kappa shape index (κ3) is 4.75. The third-order valence-corrected chi connectivity index (χ3v) is 5.67. The van der Waals surface area contributed by atoms with E-state index in [1.54, 1.807) is 24.3 Å². The number of anilines is 1. The molecular formula is C24H19ClN2O2S. The van der Waals surface area contributed by atoms with E-state index in [2.05, 4.69) is 10.3 Å². The molecule has 0 saturated carbocycles. The van der Waals surface area contributed by atoms with Crippen LogP contribution >= 0.6 is 23.4 Å². The van der Waals surface area contributed by atoms with Crippen molar-refractivity contribution in [1.29, 1.82) is 0 Å². The van der Waals surface area contributed by atoms with Crippen molar-refractivity contribution < 1.29 is 9.21 Å². The Labute approximate surface area is 184 Å². The molecule has 4 aromatic rings. The molecule has 1 amide bonds. The molecule has 1 N–H and O–H groups in total. The number of oxazole rings is 1. The molecule has 0 bridgehead atoms. The molecule has 0 aliphatic carbocycles. The summed E-state index contributed by atoms with van der Waals surface area (Å²) in [6.45, 7) is 4.05. The second-order valence-corrected chi connectivity index (χ2v) is 8.38. The second kappa shape index (κ2) is 8.78. The highest BCUT2D eigenvalue weighted by Crippen LogP contribution is 2.35. The summed E-state index contributed by atoms with van der Waals surface area (Å²) in [7, 11) is 0. The van der Waals surface area contributed by atoms with Gasteiger partial charge in [-0.1, -0.05) is 47.0 Å². The zero-order chi connectivity index (χ0) is 21.1. The Morgan fingerprint density at radius 1 is 0.900 bits per heavy atom. The smallest absolute Gasteiger partial charge is 0.278 e. The van der Waals surface area contributed by atoms with Gasteiger partial charge in [-0.05, 0) is 74.1 Å². The van der Waals surface area contributed by atoms with Crippen LogP contribution in [0.25, 0.3) is 11.5 Å². The molecule has 150 valence electrons. The molecule has 0 atom stereocenters. The zero-order valence-corrected chi connectivity index (χ0v) is 18.1. The average molecular weight is 435 g/mol. The van der Waals surface area contributed by atoms with Crippen LogP contribution in [0.5, 0.6) is 0 Å². The Morgan fingerprint density at radius 3 is 2.13 bits per heavy atom. The van der Waals surface area contributed by atoms with Crippen LogP contribution in [0.4, 0.5) is 5.69 Å². The number of hydrogen-bond donors (Lipinski definition) is 1. The normalized spacial score (nSPS) is 10.8. The Kier molecular flexibility index (Phi) is 5.93. The number of amides is 1. The van der Waals surface area contributed by atoms with Gasteiger partial charge in [0.15, 0.2) is 10.8 Å². The van der Waals surface area contributed by atoms with Crippen molar-refractivity contribution in [3.8, 4) is 11.5 Å². The molecule has 0 saturated heterocycles. The lowest BCUT2D eigenvalue weighted by Crippen LogP contribution is -2.13. The van der Waals surface area contributed by atoms with E-state index in [9.17, 15) is 4.79 Å². The van der Waals surface area contributed by atoms with Gasteiger partial charge in [0.2, 0.25) is 5.89 Å². The quantitative estimate of drug-likeness (QED) is 0.366. The van der Waals surface area contributed by atoms with E-state index in [1.807, 2.05) is 62.4 Å². The largest absolute Gasteiger partial charge is 0.429 e. The van der Waals surface area contributed by atoms with Crippen LogP contribution < -0.4 is 5.32 Å². The fourth-order valence-electron chi connectivity index (χ4n) is 2.78. The lowest BCUT2D eigenvalue weighted by Gasteiger charge is -2.04. The third-order valence-electron chi connectivity index (χ3n) is 4.44. The second-order valence-electron chi connectivity index (χ2n) is 6.90. The molecule has 0 aliphatic heterocycles. The highest BCUT2D eigenvalue weighted by Gasteiger charge is 2.22. The molecule has 0 spiro atoms. The minimum atomic E-state index is -0.339. The van der Waals surface area contributed by atoms with Gasteiger partial charge in [0.1, 0.15) is 0 Å². The number of nitrogens with one attached hydrogen (secondary N) is 1. The van der Waals surface area contributed by atoms with Crippen LogP contribution in [0.15, 0.2) is 87.2 Å². The van der Waals surface area contributed by atoms with Crippen LogP contribution in [0.3, 0.4) is 0 Å². The number of carbonyl (C=O) groups is 1. The van der Waals surface area contributed by atoms with Crippen molar-refractivity contribution in [2.45, 2.75) is 23.8 Å². The number of rotatable bonds is 5. The molecule has 3 aromatic carbocycles. The number of aromatic nitrogens is 1. The average Bonchev–Trinajstić information content (AvgIpc) is 3.16. The van der Waals surface area contributed by atoms with Gasteiger partial charge >= 0.3 is 0 Å². The Balaban J connectivity index is 1.68. The highest BCUT2D eigenvalue weighted by molar-refractivity contribution is 7.99. The number of carbonyl (C=O) groups excluding carboxylic acids is 1. The van der Waals surface area contributed by atoms with Gasteiger partial charge in [-0.2, -0.15) is 0 Å². The fraction of sp³-hybridized carbons (Fsp3) is 0.0833. The van der Waals surface area contributed by atoms with Crippen molar-refractivity contribution in [3.63, 3.8) is 0 Å². The lowest BCUT2D eigenvalue weighted by atomic mass is 10.1. The maximum atomic E-state index is 13.0. The van der Waals surface area contributed by atoms with Crippen molar-refractivity contribution >= 4 is 35.0 Å². The van der Waals surface area contributed by atoms with E-state index >= 15 is 0 Å². The Hall–Kier alpha value is -3.02. The van der Waals surface area contributed by atoms with E-state index in [-0.39, 0.29) is 11.6 Å². The van der Waals surface area contributed by atoms with Gasteiger partial charge in [-0.15, -0.1) is 0 Å². The van der Waals surface area contributed by atoms with Crippen molar-refractivity contribution in [3.05, 3.63) is 94.6 Å². The number of halogens is 1. The summed E-state index contributed by atoms with van der Waals surface area (Å²) in [5, 5.41) is 3.91. The monoisotopic (exact) mass is 434 g/mol. The molecule has 0 fully saturated rings. The molecule has 6 heteroatoms. The van der Waals surface area contributed by atoms with E-state index in [0.717, 1.165) is 21.6 Å². The number of nitrogens with zero attached hydrogens (tertiary/aromatic N) is 1. The molecule has 0 radical (unpaired) electrons. The van der Waals surface area contributed by atoms with Gasteiger partial charge in [0, 0.05) is 21.2 Å². The first-order valence-corrected chi connectivity index (χ1v) is 10.6. The topological polar surface area (TPSA) is 55.1 Å². The van der Waals surface area contributed by atoms with Gasteiger partial charge in [-0.25, -0.2) is 4.98 Å². The standard InChI is InChI=1S/C24H19ClN2O2S/c1-15-3-7-17(8-4-15)23-27-21(22(28)26-19-11-9-18(25)10-12-19)24(29-23)30-20-13-5-16(2)6-14-20/h3-14H,1-2H3,(H,26,28). The number of benzene rings is 3. The molecular weight excluding hydrogens is 416 g/mol. The summed E-state index contributed by atoms with van der Waals surface area (Å²) >= 11 is 7.30. The minimum absolute atomic E-state index is 0.242. The summed E-state index contributed by atoms with van der Waals surface area (Å²) in [5.74, 6) is 0.0694. The first kappa shape index (κ1) is 20.3. The van der Waals surface area contributed by atoms with E-state index in [0.29, 0.717) is 21.7 Å². The summed E-state index contributed by atoms with van der Waals surface area (Å²) in [6.07, 6.45) is 0. The predicted molar refractivity (Wildman–Crippen MR) is 121 cm³/mol. The molecule has 1 heterocycles. The summed E-state index contributed by atoms with van der Waals surface area (Å²) in [5.41, 5.74) is 4.00. The van der Waals surface area contributed by atoms with Crippen LogP contribution in [-0.2, 0) is 0 Å². The lowest BCUT2D eigenvalue weighted by molar-refractivity contribution is 0.101. The van der Waals surface area contributed by atoms with E-state index in [1.165, 1.54) is 11.8 Å². The van der Waals surface area contributed by atoms with Crippen molar-refractivity contribution in [2.75, 3.05) is 5.32 Å². The predicted octanol–water partition coefficient (Wildman–Crippen LogP) is 7.02.